The number of hydrogen-bond acceptors (Lipinski definition) is 0. The molecule has 0 nitrogen and oxygen atoms in total. The standard InChI is InChI=1S/C19H29I/c1-18-11-4-3-5-13(18)6-7-14-15-8-9-17(20)19(15,2)12-10-16(14)18/h9,13-16H,3-8,10-12H2,1-2H3/t13?,14?,15?,16?,18-,19-/m0/s1. The van der Waals surface area contributed by atoms with Crippen LogP contribution in [0.5, 0.6) is 0 Å². The van der Waals surface area contributed by atoms with E-state index in [1.807, 2.05) is 0 Å². The summed E-state index contributed by atoms with van der Waals surface area (Å²) in [5.41, 5.74) is 1.26. The highest BCUT2D eigenvalue weighted by Gasteiger charge is 2.57. The molecule has 0 aromatic carbocycles. The van der Waals surface area contributed by atoms with E-state index in [0.29, 0.717) is 10.8 Å². The predicted octanol–water partition coefficient (Wildman–Crippen LogP) is 6.35. The molecule has 112 valence electrons. The summed E-state index contributed by atoms with van der Waals surface area (Å²) in [5, 5.41) is 0. The number of halogens is 1. The van der Waals surface area contributed by atoms with Gasteiger partial charge in [-0.3, -0.25) is 0 Å². The number of allylic oxidation sites excluding steroid dienone is 2. The van der Waals surface area contributed by atoms with E-state index in [4.69, 9.17) is 0 Å². The van der Waals surface area contributed by atoms with Gasteiger partial charge in [0.15, 0.2) is 0 Å². The lowest BCUT2D eigenvalue weighted by Gasteiger charge is -2.60. The smallest absolute Gasteiger partial charge is 0.00135 e. The van der Waals surface area contributed by atoms with Gasteiger partial charge in [-0.25, -0.2) is 0 Å². The third kappa shape index (κ3) is 1.77. The van der Waals surface area contributed by atoms with Crippen molar-refractivity contribution in [2.45, 2.75) is 71.6 Å². The summed E-state index contributed by atoms with van der Waals surface area (Å²) in [5.74, 6) is 4.13. The summed E-state index contributed by atoms with van der Waals surface area (Å²) < 4.78 is 1.69. The normalized spacial score (nSPS) is 54.6. The van der Waals surface area contributed by atoms with Crippen LogP contribution in [-0.2, 0) is 0 Å². The summed E-state index contributed by atoms with van der Waals surface area (Å²) in [6.45, 7) is 5.26. The quantitative estimate of drug-likeness (QED) is 0.427. The molecule has 0 bridgehead atoms. The van der Waals surface area contributed by atoms with Crippen molar-refractivity contribution in [2.24, 2.45) is 34.5 Å². The summed E-state index contributed by atoms with van der Waals surface area (Å²) >= 11 is 2.65. The lowest BCUT2D eigenvalue weighted by atomic mass is 9.45. The molecule has 0 amide bonds. The Labute approximate surface area is 138 Å². The van der Waals surface area contributed by atoms with E-state index in [-0.39, 0.29) is 0 Å². The van der Waals surface area contributed by atoms with Gasteiger partial charge in [0.1, 0.15) is 0 Å². The van der Waals surface area contributed by atoms with Crippen molar-refractivity contribution in [3.05, 3.63) is 9.66 Å². The second-order valence-corrected chi connectivity index (χ2v) is 9.81. The van der Waals surface area contributed by atoms with Gasteiger partial charge in [-0.15, -0.1) is 0 Å². The zero-order valence-corrected chi connectivity index (χ0v) is 15.3. The predicted molar refractivity (Wildman–Crippen MR) is 93.8 cm³/mol. The SMILES string of the molecule is C[C@]12CCCCC1CCC1C2CC[C@]2(C)C(I)=CCC12. The average Bonchev–Trinajstić information content (AvgIpc) is 2.74. The van der Waals surface area contributed by atoms with Crippen LogP contribution in [0.1, 0.15) is 71.6 Å². The van der Waals surface area contributed by atoms with Crippen molar-refractivity contribution >= 4 is 22.6 Å². The zero-order valence-electron chi connectivity index (χ0n) is 13.1. The van der Waals surface area contributed by atoms with Crippen LogP contribution in [0.2, 0.25) is 0 Å². The molecule has 3 fully saturated rings. The van der Waals surface area contributed by atoms with E-state index < -0.39 is 0 Å². The molecule has 4 unspecified atom stereocenters. The Kier molecular flexibility index (Phi) is 3.33. The molecule has 4 aliphatic carbocycles. The fourth-order valence-electron chi connectivity index (χ4n) is 6.81. The van der Waals surface area contributed by atoms with E-state index in [1.165, 1.54) is 44.9 Å². The van der Waals surface area contributed by atoms with E-state index in [1.54, 1.807) is 16.4 Å². The van der Waals surface area contributed by atoms with E-state index in [0.717, 1.165) is 23.7 Å². The second kappa shape index (κ2) is 4.73. The van der Waals surface area contributed by atoms with Crippen LogP contribution in [0.4, 0.5) is 0 Å². The van der Waals surface area contributed by atoms with Gasteiger partial charge in [-0.05, 0) is 100 Å². The summed E-state index contributed by atoms with van der Waals surface area (Å²) in [4.78, 5) is 0. The van der Waals surface area contributed by atoms with Crippen molar-refractivity contribution in [2.75, 3.05) is 0 Å². The molecule has 0 aromatic heterocycles. The monoisotopic (exact) mass is 384 g/mol. The molecule has 0 aromatic rings. The van der Waals surface area contributed by atoms with Gasteiger partial charge in [-0.1, -0.05) is 32.8 Å². The maximum atomic E-state index is 2.68. The number of rotatable bonds is 0. The minimum atomic E-state index is 0.555. The molecule has 0 heterocycles. The molecule has 0 saturated heterocycles. The van der Waals surface area contributed by atoms with Gasteiger partial charge in [-0.2, -0.15) is 0 Å². The van der Waals surface area contributed by atoms with Crippen LogP contribution in [0, 0.1) is 34.5 Å². The molecule has 1 heteroatoms. The fourth-order valence-corrected chi connectivity index (χ4v) is 7.73. The molecule has 4 rings (SSSR count). The van der Waals surface area contributed by atoms with Crippen LogP contribution >= 0.6 is 22.6 Å². The van der Waals surface area contributed by atoms with Crippen molar-refractivity contribution < 1.29 is 0 Å². The average molecular weight is 384 g/mol. The molecule has 6 atom stereocenters. The minimum Gasteiger partial charge on any atom is -0.0743 e. The third-order valence-electron chi connectivity index (χ3n) is 8.07. The van der Waals surface area contributed by atoms with Crippen molar-refractivity contribution in [3.63, 3.8) is 0 Å². The first-order valence-corrected chi connectivity index (χ1v) is 10.00. The van der Waals surface area contributed by atoms with Crippen LogP contribution in [-0.4, -0.2) is 0 Å². The lowest BCUT2D eigenvalue weighted by molar-refractivity contribution is -0.0972. The highest BCUT2D eigenvalue weighted by atomic mass is 127. The number of hydrogen-bond donors (Lipinski definition) is 0. The molecular formula is C19H29I. The fraction of sp³-hybridized carbons (Fsp3) is 0.895. The Balaban J connectivity index is 1.65. The minimum absolute atomic E-state index is 0.555. The molecule has 4 aliphatic rings. The van der Waals surface area contributed by atoms with Crippen molar-refractivity contribution in [1.82, 2.24) is 0 Å². The van der Waals surface area contributed by atoms with Crippen molar-refractivity contribution in [1.29, 1.82) is 0 Å². The Hall–Kier alpha value is 0.470. The molecule has 3 saturated carbocycles. The maximum Gasteiger partial charge on any atom is 0.00135 e. The first-order chi connectivity index (χ1) is 9.56. The van der Waals surface area contributed by atoms with E-state index in [2.05, 4.69) is 42.5 Å². The van der Waals surface area contributed by atoms with Crippen molar-refractivity contribution in [3.8, 4) is 0 Å². The van der Waals surface area contributed by atoms with E-state index in [9.17, 15) is 0 Å². The first kappa shape index (κ1) is 14.1. The third-order valence-corrected chi connectivity index (χ3v) is 9.74. The molecule has 0 spiro atoms. The van der Waals surface area contributed by atoms with Crippen LogP contribution in [0.15, 0.2) is 9.66 Å². The largest absolute Gasteiger partial charge is 0.0743 e. The molecular weight excluding hydrogens is 355 g/mol. The summed E-state index contributed by atoms with van der Waals surface area (Å²) in [7, 11) is 0. The number of fused-ring (bicyclic) bond motifs is 5. The van der Waals surface area contributed by atoms with Gasteiger partial charge >= 0.3 is 0 Å². The first-order valence-electron chi connectivity index (χ1n) is 8.92. The maximum absolute atomic E-state index is 2.68. The molecule has 0 N–H and O–H groups in total. The van der Waals surface area contributed by atoms with E-state index >= 15 is 0 Å². The topological polar surface area (TPSA) is 0 Å². The zero-order chi connectivity index (χ0) is 14.0. The van der Waals surface area contributed by atoms with Gasteiger partial charge in [0.25, 0.3) is 0 Å². The lowest BCUT2D eigenvalue weighted by Crippen LogP contribution is -2.52. The molecule has 0 radical (unpaired) electrons. The molecule has 0 aliphatic heterocycles. The van der Waals surface area contributed by atoms with Gasteiger partial charge in [0.2, 0.25) is 0 Å². The van der Waals surface area contributed by atoms with Gasteiger partial charge in [0.05, 0.1) is 0 Å². The Bertz CT molecular complexity index is 439. The Morgan fingerprint density at radius 3 is 2.70 bits per heavy atom. The Morgan fingerprint density at radius 2 is 1.85 bits per heavy atom. The molecule has 20 heavy (non-hydrogen) atoms. The summed E-state index contributed by atoms with van der Waals surface area (Å²) in [6.07, 6.45) is 16.1. The van der Waals surface area contributed by atoms with Crippen LogP contribution in [0.25, 0.3) is 0 Å². The van der Waals surface area contributed by atoms with Gasteiger partial charge in [0, 0.05) is 5.41 Å². The Morgan fingerprint density at radius 1 is 1.00 bits per heavy atom. The second-order valence-electron chi connectivity index (χ2n) is 8.65. The van der Waals surface area contributed by atoms with Crippen LogP contribution in [0.3, 0.4) is 0 Å². The van der Waals surface area contributed by atoms with Gasteiger partial charge < -0.3 is 0 Å². The highest BCUT2D eigenvalue weighted by Crippen LogP contribution is 2.66. The highest BCUT2D eigenvalue weighted by molar-refractivity contribution is 14.1. The summed E-state index contributed by atoms with van der Waals surface area (Å²) in [6, 6.07) is 0. The van der Waals surface area contributed by atoms with Crippen LogP contribution < -0.4 is 0 Å².